The van der Waals surface area contributed by atoms with E-state index >= 15 is 0 Å². The second kappa shape index (κ2) is 6.56. The van der Waals surface area contributed by atoms with E-state index in [0.717, 1.165) is 12.8 Å². The van der Waals surface area contributed by atoms with E-state index in [-0.39, 0.29) is 22.4 Å². The molecule has 0 heterocycles. The van der Waals surface area contributed by atoms with Crippen LogP contribution in [0.1, 0.15) is 37.0 Å². The lowest BCUT2D eigenvalue weighted by Gasteiger charge is -2.22. The van der Waals surface area contributed by atoms with Crippen molar-refractivity contribution in [3.05, 3.63) is 33.9 Å². The summed E-state index contributed by atoms with van der Waals surface area (Å²) in [7, 11) is 0. The molecule has 1 aromatic carbocycles. The van der Waals surface area contributed by atoms with Gasteiger partial charge in [-0.05, 0) is 45.1 Å². The molecule has 0 bridgehead atoms. The normalized spacial score (nSPS) is 14.5. The van der Waals surface area contributed by atoms with Gasteiger partial charge in [0.25, 0.3) is 11.6 Å². The molecule has 1 aliphatic rings. The predicted octanol–water partition coefficient (Wildman–Crippen LogP) is 3.04. The molecule has 0 atom stereocenters. The zero-order chi connectivity index (χ0) is 16.3. The van der Waals surface area contributed by atoms with Crippen molar-refractivity contribution in [1.82, 2.24) is 5.32 Å². The van der Waals surface area contributed by atoms with Gasteiger partial charge < -0.3 is 10.6 Å². The van der Waals surface area contributed by atoms with Crippen LogP contribution in [0.15, 0.2) is 18.2 Å². The summed E-state index contributed by atoms with van der Waals surface area (Å²) in [5.41, 5.74) is 0.698. The van der Waals surface area contributed by atoms with Crippen LogP contribution in [0.4, 0.5) is 11.4 Å². The molecule has 1 saturated carbocycles. The van der Waals surface area contributed by atoms with E-state index in [9.17, 15) is 14.9 Å². The number of carbonyl (C=O) groups is 1. The van der Waals surface area contributed by atoms with E-state index in [0.29, 0.717) is 17.8 Å². The molecule has 1 fully saturated rings. The van der Waals surface area contributed by atoms with Crippen molar-refractivity contribution < 1.29 is 9.72 Å². The summed E-state index contributed by atoms with van der Waals surface area (Å²) in [6, 6.07) is 4.80. The van der Waals surface area contributed by atoms with Crippen LogP contribution in [0.5, 0.6) is 0 Å². The molecular weight excluding hydrogens is 302 g/mol. The van der Waals surface area contributed by atoms with Gasteiger partial charge in [-0.3, -0.25) is 14.9 Å². The van der Waals surface area contributed by atoms with Crippen molar-refractivity contribution in [3.8, 4) is 0 Å². The SMILES string of the molecule is CSC(C)(C)CNc1ccc(C(=O)NC2CC2)cc1[N+](=O)[O-]. The number of nitrogens with one attached hydrogen (secondary N) is 2. The smallest absolute Gasteiger partial charge is 0.293 e. The highest BCUT2D eigenvalue weighted by molar-refractivity contribution is 7.99. The van der Waals surface area contributed by atoms with Gasteiger partial charge >= 0.3 is 0 Å². The van der Waals surface area contributed by atoms with E-state index in [4.69, 9.17) is 0 Å². The Hall–Kier alpha value is -1.76. The van der Waals surface area contributed by atoms with Gasteiger partial charge in [0.15, 0.2) is 0 Å². The van der Waals surface area contributed by atoms with Crippen LogP contribution in [0, 0.1) is 10.1 Å². The standard InChI is InChI=1S/C15H21N3O3S/c1-15(2,22-3)9-16-12-7-4-10(8-13(12)18(20)21)14(19)17-11-5-6-11/h4,7-8,11,16H,5-6,9H2,1-3H3,(H,17,19). The quantitative estimate of drug-likeness (QED) is 0.595. The molecule has 6 nitrogen and oxygen atoms in total. The summed E-state index contributed by atoms with van der Waals surface area (Å²) >= 11 is 1.69. The lowest BCUT2D eigenvalue weighted by Crippen LogP contribution is -2.27. The van der Waals surface area contributed by atoms with E-state index in [1.165, 1.54) is 6.07 Å². The van der Waals surface area contributed by atoms with Gasteiger partial charge in [-0.15, -0.1) is 0 Å². The number of thioether (sulfide) groups is 1. The number of nitro benzene ring substituents is 1. The highest BCUT2D eigenvalue weighted by atomic mass is 32.2. The number of nitrogens with zero attached hydrogens (tertiary/aromatic N) is 1. The zero-order valence-electron chi connectivity index (χ0n) is 13.0. The van der Waals surface area contributed by atoms with Gasteiger partial charge in [0.2, 0.25) is 0 Å². The van der Waals surface area contributed by atoms with Crippen LogP contribution in [-0.4, -0.2) is 34.4 Å². The Kier molecular flexibility index (Phi) is 4.95. The zero-order valence-corrected chi connectivity index (χ0v) is 13.8. The summed E-state index contributed by atoms with van der Waals surface area (Å²) in [5.74, 6) is -0.249. The first kappa shape index (κ1) is 16.6. The van der Waals surface area contributed by atoms with Gasteiger partial charge in [0, 0.05) is 29.0 Å². The van der Waals surface area contributed by atoms with Crippen molar-refractivity contribution in [3.63, 3.8) is 0 Å². The molecular formula is C15H21N3O3S. The van der Waals surface area contributed by atoms with E-state index < -0.39 is 4.92 Å². The Morgan fingerprint density at radius 2 is 2.14 bits per heavy atom. The van der Waals surface area contributed by atoms with Gasteiger partial charge in [-0.1, -0.05) is 0 Å². The van der Waals surface area contributed by atoms with Gasteiger partial charge in [0.05, 0.1) is 4.92 Å². The number of anilines is 1. The maximum absolute atomic E-state index is 12.0. The molecule has 1 aromatic rings. The van der Waals surface area contributed by atoms with Crippen molar-refractivity contribution in [2.75, 3.05) is 18.1 Å². The van der Waals surface area contributed by atoms with E-state index in [2.05, 4.69) is 24.5 Å². The number of hydrogen-bond donors (Lipinski definition) is 2. The van der Waals surface area contributed by atoms with Crippen LogP contribution in [0.25, 0.3) is 0 Å². The fourth-order valence-electron chi connectivity index (χ4n) is 1.85. The second-order valence-corrected chi connectivity index (χ2v) is 7.57. The third-order valence-corrected chi connectivity index (χ3v) is 4.88. The van der Waals surface area contributed by atoms with Crippen molar-refractivity contribution in [1.29, 1.82) is 0 Å². The minimum Gasteiger partial charge on any atom is -0.378 e. The number of nitro groups is 1. The average molecular weight is 323 g/mol. The summed E-state index contributed by atoms with van der Waals surface area (Å²) in [6.45, 7) is 4.73. The molecule has 0 unspecified atom stereocenters. The molecule has 0 spiro atoms. The first-order chi connectivity index (χ1) is 10.3. The molecule has 0 aliphatic heterocycles. The second-order valence-electron chi connectivity index (χ2n) is 6.05. The number of amides is 1. The lowest BCUT2D eigenvalue weighted by atomic mass is 10.1. The van der Waals surface area contributed by atoms with E-state index in [1.54, 1.807) is 23.9 Å². The highest BCUT2D eigenvalue weighted by Gasteiger charge is 2.25. The Balaban J connectivity index is 2.16. The average Bonchev–Trinajstić information content (AvgIpc) is 3.28. The molecule has 120 valence electrons. The van der Waals surface area contributed by atoms with Gasteiger partial charge in [-0.25, -0.2) is 0 Å². The first-order valence-corrected chi connectivity index (χ1v) is 8.43. The van der Waals surface area contributed by atoms with Crippen molar-refractivity contribution in [2.45, 2.75) is 37.5 Å². The molecule has 2 N–H and O–H groups in total. The monoisotopic (exact) mass is 323 g/mol. The van der Waals surface area contributed by atoms with Gasteiger partial charge in [0.1, 0.15) is 5.69 Å². The van der Waals surface area contributed by atoms with Gasteiger partial charge in [-0.2, -0.15) is 11.8 Å². The highest BCUT2D eigenvalue weighted by Crippen LogP contribution is 2.29. The molecule has 0 saturated heterocycles. The minimum absolute atomic E-state index is 0.0319. The van der Waals surface area contributed by atoms with Crippen molar-refractivity contribution >= 4 is 29.0 Å². The minimum atomic E-state index is -0.456. The maximum atomic E-state index is 12.0. The third-order valence-electron chi connectivity index (χ3n) is 3.63. The molecule has 7 heteroatoms. The molecule has 22 heavy (non-hydrogen) atoms. The number of hydrogen-bond acceptors (Lipinski definition) is 5. The van der Waals surface area contributed by atoms with Crippen LogP contribution in [0.2, 0.25) is 0 Å². The summed E-state index contributed by atoms with van der Waals surface area (Å²) < 4.78 is -0.0319. The maximum Gasteiger partial charge on any atom is 0.293 e. The largest absolute Gasteiger partial charge is 0.378 e. The number of benzene rings is 1. The first-order valence-electron chi connectivity index (χ1n) is 7.21. The fraction of sp³-hybridized carbons (Fsp3) is 0.533. The molecule has 0 aromatic heterocycles. The summed E-state index contributed by atoms with van der Waals surface area (Å²) in [6.07, 6.45) is 3.97. The Bertz CT molecular complexity index is 585. The molecule has 2 rings (SSSR count). The Labute approximate surface area is 134 Å². The third kappa shape index (κ3) is 4.37. The van der Waals surface area contributed by atoms with Crippen LogP contribution in [0.3, 0.4) is 0 Å². The molecule has 1 amide bonds. The Morgan fingerprint density at radius 1 is 1.45 bits per heavy atom. The number of carbonyl (C=O) groups excluding carboxylic acids is 1. The summed E-state index contributed by atoms with van der Waals surface area (Å²) in [4.78, 5) is 22.8. The van der Waals surface area contributed by atoms with Crippen LogP contribution in [-0.2, 0) is 0 Å². The van der Waals surface area contributed by atoms with Crippen LogP contribution < -0.4 is 10.6 Å². The van der Waals surface area contributed by atoms with Crippen molar-refractivity contribution in [2.24, 2.45) is 0 Å². The summed E-state index contributed by atoms with van der Waals surface area (Å²) in [5, 5.41) is 17.2. The molecule has 0 radical (unpaired) electrons. The predicted molar refractivity (Wildman–Crippen MR) is 89.7 cm³/mol. The molecule has 1 aliphatic carbocycles. The number of rotatable bonds is 7. The fourth-order valence-corrected chi connectivity index (χ4v) is 2.07. The lowest BCUT2D eigenvalue weighted by molar-refractivity contribution is -0.384. The van der Waals surface area contributed by atoms with E-state index in [1.807, 2.05) is 6.26 Å². The Morgan fingerprint density at radius 3 is 2.68 bits per heavy atom. The van der Waals surface area contributed by atoms with Crippen LogP contribution >= 0.6 is 11.8 Å². The topological polar surface area (TPSA) is 84.3 Å².